The smallest absolute Gasteiger partial charge is 0.156 e. The fourth-order valence-electron chi connectivity index (χ4n) is 2.37. The lowest BCUT2D eigenvalue weighted by Crippen LogP contribution is -2.28. The van der Waals surface area contributed by atoms with Crippen molar-refractivity contribution in [1.82, 2.24) is 10.5 Å². The first-order chi connectivity index (χ1) is 8.83. The number of aromatic nitrogens is 1. The van der Waals surface area contributed by atoms with Gasteiger partial charge in [0.15, 0.2) is 5.76 Å². The minimum Gasteiger partial charge on any atom is -0.362 e. The molecule has 0 amide bonds. The van der Waals surface area contributed by atoms with Crippen LogP contribution in [0.2, 0.25) is 0 Å². The lowest BCUT2D eigenvalue weighted by atomic mass is 10.1. The molecule has 2 heterocycles. The van der Waals surface area contributed by atoms with Crippen molar-refractivity contribution in [3.63, 3.8) is 0 Å². The SMILES string of the molecule is Cc1cc(CN2CCNCc3ccccc32)on1.Cl. The van der Waals surface area contributed by atoms with E-state index in [4.69, 9.17) is 4.52 Å². The fraction of sp³-hybridized carbons (Fsp3) is 0.357. The van der Waals surface area contributed by atoms with Crippen LogP contribution < -0.4 is 10.2 Å². The highest BCUT2D eigenvalue weighted by Crippen LogP contribution is 2.23. The van der Waals surface area contributed by atoms with Crippen molar-refractivity contribution in [1.29, 1.82) is 0 Å². The first kappa shape index (κ1) is 13.9. The first-order valence-electron chi connectivity index (χ1n) is 6.29. The molecule has 1 aromatic heterocycles. The third kappa shape index (κ3) is 3.08. The molecule has 0 spiro atoms. The molecule has 4 nitrogen and oxygen atoms in total. The van der Waals surface area contributed by atoms with E-state index >= 15 is 0 Å². The van der Waals surface area contributed by atoms with Crippen molar-refractivity contribution in [3.05, 3.63) is 47.3 Å². The molecular weight excluding hydrogens is 262 g/mol. The van der Waals surface area contributed by atoms with Crippen LogP contribution in [0.3, 0.4) is 0 Å². The second-order valence-corrected chi connectivity index (χ2v) is 4.66. The molecule has 1 aromatic carbocycles. The van der Waals surface area contributed by atoms with Gasteiger partial charge in [-0.2, -0.15) is 0 Å². The van der Waals surface area contributed by atoms with Gasteiger partial charge in [0.25, 0.3) is 0 Å². The normalized spacial score (nSPS) is 14.5. The summed E-state index contributed by atoms with van der Waals surface area (Å²) in [6.45, 7) is 5.63. The molecule has 1 N–H and O–H groups in total. The molecule has 19 heavy (non-hydrogen) atoms. The number of nitrogens with one attached hydrogen (secondary N) is 1. The molecule has 102 valence electrons. The number of halogens is 1. The second-order valence-electron chi connectivity index (χ2n) is 4.66. The van der Waals surface area contributed by atoms with Crippen LogP contribution in [-0.2, 0) is 13.1 Å². The Bertz CT molecular complexity index is 541. The number of hydrogen-bond acceptors (Lipinski definition) is 4. The Balaban J connectivity index is 0.00000133. The van der Waals surface area contributed by atoms with Crippen LogP contribution in [0.5, 0.6) is 0 Å². The van der Waals surface area contributed by atoms with E-state index in [9.17, 15) is 0 Å². The molecule has 3 rings (SSSR count). The summed E-state index contributed by atoms with van der Waals surface area (Å²) in [5, 5.41) is 7.38. The molecule has 0 fully saturated rings. The van der Waals surface area contributed by atoms with Crippen LogP contribution in [0.25, 0.3) is 0 Å². The van der Waals surface area contributed by atoms with E-state index in [0.717, 1.165) is 37.6 Å². The van der Waals surface area contributed by atoms with E-state index in [1.54, 1.807) is 0 Å². The van der Waals surface area contributed by atoms with Crippen LogP contribution >= 0.6 is 12.4 Å². The summed E-state index contributed by atoms with van der Waals surface area (Å²) in [6, 6.07) is 10.5. The maximum Gasteiger partial charge on any atom is 0.156 e. The Labute approximate surface area is 119 Å². The van der Waals surface area contributed by atoms with Gasteiger partial charge in [-0.15, -0.1) is 12.4 Å². The van der Waals surface area contributed by atoms with E-state index in [0.29, 0.717) is 0 Å². The van der Waals surface area contributed by atoms with Crippen LogP contribution in [0.15, 0.2) is 34.9 Å². The number of anilines is 1. The number of hydrogen-bond donors (Lipinski definition) is 1. The van der Waals surface area contributed by atoms with Crippen LogP contribution in [-0.4, -0.2) is 18.2 Å². The van der Waals surface area contributed by atoms with E-state index in [1.807, 2.05) is 13.0 Å². The summed E-state index contributed by atoms with van der Waals surface area (Å²) in [7, 11) is 0. The number of para-hydroxylation sites is 1. The molecule has 1 aliphatic rings. The molecule has 1 aliphatic heterocycles. The second kappa shape index (κ2) is 6.08. The fourth-order valence-corrected chi connectivity index (χ4v) is 2.37. The molecule has 0 bridgehead atoms. The van der Waals surface area contributed by atoms with E-state index in [-0.39, 0.29) is 12.4 Å². The van der Waals surface area contributed by atoms with Crippen LogP contribution in [0.1, 0.15) is 17.0 Å². The highest BCUT2D eigenvalue weighted by Gasteiger charge is 2.16. The van der Waals surface area contributed by atoms with E-state index in [1.165, 1.54) is 11.3 Å². The Kier molecular flexibility index (Phi) is 4.45. The highest BCUT2D eigenvalue weighted by atomic mass is 35.5. The van der Waals surface area contributed by atoms with Crippen molar-refractivity contribution in [2.45, 2.75) is 20.0 Å². The molecule has 5 heteroatoms. The monoisotopic (exact) mass is 279 g/mol. The average Bonchev–Trinajstić information content (AvgIpc) is 2.68. The molecule has 0 unspecified atom stereocenters. The standard InChI is InChI=1S/C14H17N3O.ClH/c1-11-8-13(18-16-11)10-17-7-6-15-9-12-4-2-3-5-14(12)17;/h2-5,8,15H,6-7,9-10H2,1H3;1H. The van der Waals surface area contributed by atoms with Crippen molar-refractivity contribution >= 4 is 18.1 Å². The van der Waals surface area contributed by atoms with Gasteiger partial charge in [-0.3, -0.25) is 0 Å². The molecule has 0 radical (unpaired) electrons. The van der Waals surface area contributed by atoms with Gasteiger partial charge in [-0.05, 0) is 18.6 Å². The predicted octanol–water partition coefficient (Wildman–Crippen LogP) is 2.51. The Morgan fingerprint density at radius 3 is 3.00 bits per heavy atom. The minimum absolute atomic E-state index is 0. The summed E-state index contributed by atoms with van der Waals surface area (Å²) < 4.78 is 5.31. The zero-order valence-electron chi connectivity index (χ0n) is 10.9. The third-order valence-electron chi connectivity index (χ3n) is 3.23. The van der Waals surface area contributed by atoms with Gasteiger partial charge in [-0.1, -0.05) is 23.4 Å². The molecule has 0 saturated heterocycles. The van der Waals surface area contributed by atoms with Gasteiger partial charge in [0.05, 0.1) is 12.2 Å². The average molecular weight is 280 g/mol. The Morgan fingerprint density at radius 1 is 1.37 bits per heavy atom. The summed E-state index contributed by atoms with van der Waals surface area (Å²) in [5.41, 5.74) is 3.56. The number of aryl methyl sites for hydroxylation is 1. The number of nitrogens with zero attached hydrogens (tertiary/aromatic N) is 2. The van der Waals surface area contributed by atoms with Crippen LogP contribution in [0.4, 0.5) is 5.69 Å². The van der Waals surface area contributed by atoms with E-state index < -0.39 is 0 Å². The molecule has 0 aliphatic carbocycles. The molecule has 0 saturated carbocycles. The predicted molar refractivity (Wildman–Crippen MR) is 77.7 cm³/mol. The van der Waals surface area contributed by atoms with Gasteiger partial charge in [0.1, 0.15) is 0 Å². The quantitative estimate of drug-likeness (QED) is 0.917. The lowest BCUT2D eigenvalue weighted by Gasteiger charge is -2.23. The summed E-state index contributed by atoms with van der Waals surface area (Å²) in [6.07, 6.45) is 0. The third-order valence-corrected chi connectivity index (χ3v) is 3.23. The molecular formula is C14H18ClN3O. The van der Waals surface area contributed by atoms with Crippen LogP contribution in [0, 0.1) is 6.92 Å². The summed E-state index contributed by atoms with van der Waals surface area (Å²) in [5.74, 6) is 0.921. The van der Waals surface area contributed by atoms with Crippen molar-refractivity contribution in [2.75, 3.05) is 18.0 Å². The van der Waals surface area contributed by atoms with Gasteiger partial charge in [0, 0.05) is 31.4 Å². The topological polar surface area (TPSA) is 41.3 Å². The number of fused-ring (bicyclic) bond motifs is 1. The van der Waals surface area contributed by atoms with Crippen molar-refractivity contribution in [2.24, 2.45) is 0 Å². The first-order valence-corrected chi connectivity index (χ1v) is 6.29. The van der Waals surface area contributed by atoms with Gasteiger partial charge >= 0.3 is 0 Å². The maximum absolute atomic E-state index is 5.31. The van der Waals surface area contributed by atoms with Crippen molar-refractivity contribution in [3.8, 4) is 0 Å². The Morgan fingerprint density at radius 2 is 2.21 bits per heavy atom. The van der Waals surface area contributed by atoms with Gasteiger partial charge < -0.3 is 14.7 Å². The largest absolute Gasteiger partial charge is 0.362 e. The Hall–Kier alpha value is -1.52. The van der Waals surface area contributed by atoms with Crippen molar-refractivity contribution < 1.29 is 4.52 Å². The minimum atomic E-state index is 0. The van der Waals surface area contributed by atoms with E-state index in [2.05, 4.69) is 39.6 Å². The van der Waals surface area contributed by atoms with Gasteiger partial charge in [-0.25, -0.2) is 0 Å². The summed E-state index contributed by atoms with van der Waals surface area (Å²) in [4.78, 5) is 2.34. The zero-order chi connectivity index (χ0) is 12.4. The molecule has 0 atom stereocenters. The summed E-state index contributed by atoms with van der Waals surface area (Å²) >= 11 is 0. The zero-order valence-corrected chi connectivity index (χ0v) is 11.7. The number of rotatable bonds is 2. The van der Waals surface area contributed by atoms with Gasteiger partial charge in [0.2, 0.25) is 0 Å². The maximum atomic E-state index is 5.31. The highest BCUT2D eigenvalue weighted by molar-refractivity contribution is 5.85. The lowest BCUT2D eigenvalue weighted by molar-refractivity contribution is 0.377. The molecule has 2 aromatic rings. The number of benzene rings is 1.